The Morgan fingerprint density at radius 2 is 1.86 bits per heavy atom. The first kappa shape index (κ1) is 20.0. The maximum atomic E-state index is 12.5. The van der Waals surface area contributed by atoms with Gasteiger partial charge in [-0.2, -0.15) is 0 Å². The normalized spacial score (nSPS) is 11.7. The van der Waals surface area contributed by atoms with Gasteiger partial charge in [0.05, 0.1) is 5.69 Å². The van der Waals surface area contributed by atoms with Crippen molar-refractivity contribution in [3.05, 3.63) is 69.7 Å². The third-order valence-electron chi connectivity index (χ3n) is 4.11. The zero-order chi connectivity index (χ0) is 20.3. The van der Waals surface area contributed by atoms with Gasteiger partial charge in [-0.05, 0) is 38.5 Å². The molecule has 0 spiro atoms. The number of ether oxygens (including phenoxy) is 1. The first-order valence-electron chi connectivity index (χ1n) is 8.66. The molecule has 0 aliphatic heterocycles. The minimum atomic E-state index is -0.965. The molecule has 1 atom stereocenters. The molecule has 0 bridgehead atoms. The summed E-state index contributed by atoms with van der Waals surface area (Å²) in [5.74, 6) is -0.994. The van der Waals surface area contributed by atoms with Crippen LogP contribution in [-0.4, -0.2) is 23.0 Å². The summed E-state index contributed by atoms with van der Waals surface area (Å²) in [5, 5.41) is 3.99. The number of benzene rings is 2. The highest BCUT2D eigenvalue weighted by molar-refractivity contribution is 7.17. The number of nitrogens with zero attached hydrogens (tertiary/aromatic N) is 1. The molecule has 7 heteroatoms. The number of amides is 1. The average molecular weight is 415 g/mol. The quantitative estimate of drug-likeness (QED) is 0.578. The molecule has 0 unspecified atom stereocenters. The van der Waals surface area contributed by atoms with Crippen LogP contribution in [0.4, 0.5) is 5.69 Å². The summed E-state index contributed by atoms with van der Waals surface area (Å²) in [7, 11) is 0. The Morgan fingerprint density at radius 1 is 1.14 bits per heavy atom. The van der Waals surface area contributed by atoms with Crippen molar-refractivity contribution >= 4 is 40.5 Å². The van der Waals surface area contributed by atoms with E-state index in [1.54, 1.807) is 25.1 Å². The molecule has 0 fully saturated rings. The van der Waals surface area contributed by atoms with Crippen LogP contribution >= 0.6 is 22.9 Å². The van der Waals surface area contributed by atoms with Crippen molar-refractivity contribution in [3.8, 4) is 10.6 Å². The smallest absolute Gasteiger partial charge is 0.351 e. The number of carbonyl (C=O) groups excluding carboxylic acids is 2. The number of carbonyl (C=O) groups is 2. The van der Waals surface area contributed by atoms with E-state index in [0.717, 1.165) is 16.1 Å². The second kappa shape index (κ2) is 8.54. The molecule has 5 nitrogen and oxygen atoms in total. The van der Waals surface area contributed by atoms with Crippen LogP contribution in [0.3, 0.4) is 0 Å². The number of thiazole rings is 1. The maximum Gasteiger partial charge on any atom is 0.351 e. The number of hydrogen-bond acceptors (Lipinski definition) is 5. The summed E-state index contributed by atoms with van der Waals surface area (Å²) in [5.41, 5.74) is 2.95. The molecule has 144 valence electrons. The van der Waals surface area contributed by atoms with Crippen LogP contribution in [0, 0.1) is 13.8 Å². The van der Waals surface area contributed by atoms with Gasteiger partial charge in [0, 0.05) is 16.3 Å². The summed E-state index contributed by atoms with van der Waals surface area (Å²) in [4.78, 5) is 29.8. The number of aryl methyl sites for hydroxylation is 2. The Hall–Kier alpha value is -2.70. The van der Waals surface area contributed by atoms with E-state index in [-0.39, 0.29) is 0 Å². The zero-order valence-electron chi connectivity index (χ0n) is 15.7. The molecule has 0 saturated heterocycles. The summed E-state index contributed by atoms with van der Waals surface area (Å²) in [6.07, 6.45) is -0.965. The Kier molecular flexibility index (Phi) is 6.11. The van der Waals surface area contributed by atoms with Gasteiger partial charge in [0.1, 0.15) is 9.88 Å². The number of esters is 1. The SMILES string of the molecule is Cc1ccc(Cl)cc1NC(=O)[C@H](C)OC(=O)c1sc(-c2ccccc2)nc1C. The van der Waals surface area contributed by atoms with E-state index in [2.05, 4.69) is 10.3 Å². The lowest BCUT2D eigenvalue weighted by molar-refractivity contribution is -0.123. The second-order valence-electron chi connectivity index (χ2n) is 6.30. The molecule has 0 saturated carbocycles. The van der Waals surface area contributed by atoms with Crippen LogP contribution in [0.15, 0.2) is 48.5 Å². The standard InChI is InChI=1S/C21H19ClN2O3S/c1-12-9-10-16(22)11-17(12)24-19(25)14(3)27-21(26)18-13(2)23-20(28-18)15-7-5-4-6-8-15/h4-11,14H,1-3H3,(H,24,25)/t14-/m0/s1. The molecule has 1 aromatic heterocycles. The number of halogens is 1. The van der Waals surface area contributed by atoms with Gasteiger partial charge in [-0.3, -0.25) is 4.79 Å². The fraction of sp³-hybridized carbons (Fsp3) is 0.190. The Balaban J connectivity index is 1.69. The Morgan fingerprint density at radius 3 is 2.57 bits per heavy atom. The van der Waals surface area contributed by atoms with Crippen LogP contribution in [0.1, 0.15) is 27.9 Å². The van der Waals surface area contributed by atoms with Crippen LogP contribution in [0.25, 0.3) is 10.6 Å². The number of aromatic nitrogens is 1. The first-order chi connectivity index (χ1) is 13.3. The van der Waals surface area contributed by atoms with Crippen molar-refractivity contribution in [3.63, 3.8) is 0 Å². The third-order valence-corrected chi connectivity index (χ3v) is 5.53. The van der Waals surface area contributed by atoms with E-state index in [0.29, 0.717) is 21.3 Å². The van der Waals surface area contributed by atoms with Crippen molar-refractivity contribution in [2.75, 3.05) is 5.32 Å². The maximum absolute atomic E-state index is 12.5. The topological polar surface area (TPSA) is 68.3 Å². The van der Waals surface area contributed by atoms with Gasteiger partial charge in [0.2, 0.25) is 0 Å². The van der Waals surface area contributed by atoms with Crippen molar-refractivity contribution in [1.82, 2.24) is 4.98 Å². The van der Waals surface area contributed by atoms with Crippen molar-refractivity contribution in [2.24, 2.45) is 0 Å². The lowest BCUT2D eigenvalue weighted by Crippen LogP contribution is -2.30. The molecule has 1 heterocycles. The highest BCUT2D eigenvalue weighted by Gasteiger charge is 2.23. The van der Waals surface area contributed by atoms with E-state index < -0.39 is 18.0 Å². The fourth-order valence-corrected chi connectivity index (χ4v) is 3.65. The minimum Gasteiger partial charge on any atom is -0.448 e. The summed E-state index contributed by atoms with van der Waals surface area (Å²) >= 11 is 7.22. The van der Waals surface area contributed by atoms with Crippen LogP contribution in [0.5, 0.6) is 0 Å². The fourth-order valence-electron chi connectivity index (χ4n) is 2.52. The lowest BCUT2D eigenvalue weighted by atomic mass is 10.2. The van der Waals surface area contributed by atoms with E-state index in [9.17, 15) is 9.59 Å². The van der Waals surface area contributed by atoms with Gasteiger partial charge in [-0.1, -0.05) is 48.0 Å². The highest BCUT2D eigenvalue weighted by atomic mass is 35.5. The van der Waals surface area contributed by atoms with Crippen LogP contribution < -0.4 is 5.32 Å². The van der Waals surface area contributed by atoms with Gasteiger partial charge in [0.25, 0.3) is 5.91 Å². The molecular formula is C21H19ClN2O3S. The van der Waals surface area contributed by atoms with Gasteiger partial charge < -0.3 is 10.1 Å². The number of hydrogen-bond donors (Lipinski definition) is 1. The predicted octanol–water partition coefficient (Wildman–Crippen LogP) is 5.26. The van der Waals surface area contributed by atoms with Gasteiger partial charge in [-0.15, -0.1) is 11.3 Å². The average Bonchev–Trinajstić information content (AvgIpc) is 3.07. The van der Waals surface area contributed by atoms with E-state index in [4.69, 9.17) is 16.3 Å². The molecule has 0 radical (unpaired) electrons. The number of rotatable bonds is 5. The zero-order valence-corrected chi connectivity index (χ0v) is 17.2. The van der Waals surface area contributed by atoms with Crippen molar-refractivity contribution in [1.29, 1.82) is 0 Å². The Bertz CT molecular complexity index is 1020. The van der Waals surface area contributed by atoms with Crippen LogP contribution in [0.2, 0.25) is 5.02 Å². The van der Waals surface area contributed by atoms with E-state index >= 15 is 0 Å². The van der Waals surface area contributed by atoms with E-state index in [1.807, 2.05) is 37.3 Å². The summed E-state index contributed by atoms with van der Waals surface area (Å²) < 4.78 is 5.36. The lowest BCUT2D eigenvalue weighted by Gasteiger charge is -2.14. The van der Waals surface area contributed by atoms with E-state index in [1.165, 1.54) is 18.3 Å². The summed E-state index contributed by atoms with van der Waals surface area (Å²) in [6.45, 7) is 5.13. The second-order valence-corrected chi connectivity index (χ2v) is 7.73. The summed E-state index contributed by atoms with van der Waals surface area (Å²) in [6, 6.07) is 14.8. The van der Waals surface area contributed by atoms with Gasteiger partial charge in [-0.25, -0.2) is 9.78 Å². The minimum absolute atomic E-state index is 0.387. The molecule has 1 N–H and O–H groups in total. The molecular weight excluding hydrogens is 396 g/mol. The molecule has 1 amide bonds. The molecule has 0 aliphatic rings. The number of nitrogens with one attached hydrogen (secondary N) is 1. The van der Waals surface area contributed by atoms with Crippen molar-refractivity contribution < 1.29 is 14.3 Å². The highest BCUT2D eigenvalue weighted by Crippen LogP contribution is 2.28. The van der Waals surface area contributed by atoms with Crippen LogP contribution in [-0.2, 0) is 9.53 Å². The van der Waals surface area contributed by atoms with Gasteiger partial charge in [0.15, 0.2) is 6.10 Å². The largest absolute Gasteiger partial charge is 0.448 e. The third kappa shape index (κ3) is 4.58. The van der Waals surface area contributed by atoms with Crippen molar-refractivity contribution in [2.45, 2.75) is 26.9 Å². The molecule has 28 heavy (non-hydrogen) atoms. The monoisotopic (exact) mass is 414 g/mol. The molecule has 3 aromatic rings. The predicted molar refractivity (Wildman–Crippen MR) is 112 cm³/mol. The van der Waals surface area contributed by atoms with Gasteiger partial charge >= 0.3 is 5.97 Å². The molecule has 0 aliphatic carbocycles. The molecule has 2 aromatic carbocycles. The first-order valence-corrected chi connectivity index (χ1v) is 9.85. The number of anilines is 1. The Labute approximate surface area is 172 Å². The molecule has 3 rings (SSSR count).